The average molecular weight is 366 g/mol. The van der Waals surface area contributed by atoms with E-state index in [0.717, 1.165) is 13.0 Å². The van der Waals surface area contributed by atoms with Crippen molar-refractivity contribution in [2.75, 3.05) is 25.7 Å². The lowest BCUT2D eigenvalue weighted by Gasteiger charge is -2.32. The number of carbonyl (C=O) groups is 2. The molecule has 2 heterocycles. The van der Waals surface area contributed by atoms with Crippen LogP contribution in [-0.4, -0.2) is 43.5 Å². The summed E-state index contributed by atoms with van der Waals surface area (Å²) >= 11 is 0. The van der Waals surface area contributed by atoms with Gasteiger partial charge in [-0.15, -0.1) is 0 Å². The first-order valence-electron chi connectivity index (χ1n) is 9.02. The number of methoxy groups -OCH3 is 2. The minimum absolute atomic E-state index is 0.182. The molecule has 0 unspecified atom stereocenters. The second-order valence-corrected chi connectivity index (χ2v) is 6.81. The number of fused-ring (bicyclic) bond motifs is 1. The lowest BCUT2D eigenvalue weighted by molar-refractivity contribution is -0.123. The highest BCUT2D eigenvalue weighted by atomic mass is 16.5. The van der Waals surface area contributed by atoms with Crippen LogP contribution in [0.1, 0.15) is 17.5 Å². The van der Waals surface area contributed by atoms with E-state index >= 15 is 0 Å². The maximum absolute atomic E-state index is 13.2. The number of nitrogens with zero attached hydrogens (tertiary/aromatic N) is 2. The fourth-order valence-electron chi connectivity index (χ4n) is 3.91. The van der Waals surface area contributed by atoms with Crippen molar-refractivity contribution >= 4 is 17.5 Å². The maximum atomic E-state index is 13.2. The molecular formula is C21H22N2O4. The van der Waals surface area contributed by atoms with Crippen molar-refractivity contribution in [3.05, 3.63) is 53.6 Å². The van der Waals surface area contributed by atoms with Gasteiger partial charge in [0, 0.05) is 19.2 Å². The summed E-state index contributed by atoms with van der Waals surface area (Å²) in [5, 5.41) is 0. The molecule has 1 atom stereocenters. The minimum atomic E-state index is -0.443. The van der Waals surface area contributed by atoms with E-state index in [1.54, 1.807) is 25.3 Å². The van der Waals surface area contributed by atoms with E-state index in [2.05, 4.69) is 17.0 Å². The molecular weight excluding hydrogens is 344 g/mol. The zero-order chi connectivity index (χ0) is 19.0. The average Bonchev–Trinajstić information content (AvgIpc) is 3.01. The second kappa shape index (κ2) is 7.04. The summed E-state index contributed by atoms with van der Waals surface area (Å²) in [6, 6.07) is 12.9. The Morgan fingerprint density at radius 2 is 1.78 bits per heavy atom. The Morgan fingerprint density at radius 3 is 2.52 bits per heavy atom. The number of imide groups is 1. The van der Waals surface area contributed by atoms with E-state index in [1.807, 2.05) is 12.1 Å². The zero-order valence-corrected chi connectivity index (χ0v) is 15.5. The first-order valence-corrected chi connectivity index (χ1v) is 9.02. The summed E-state index contributed by atoms with van der Waals surface area (Å²) in [6.45, 7) is 1.45. The predicted octanol–water partition coefficient (Wildman–Crippen LogP) is 2.39. The Kier molecular flexibility index (Phi) is 4.58. The van der Waals surface area contributed by atoms with Gasteiger partial charge in [0.25, 0.3) is 5.91 Å². The number of rotatable bonds is 4. The normalized spacial score (nSPS) is 19.9. The van der Waals surface area contributed by atoms with Crippen LogP contribution in [0.3, 0.4) is 0 Å². The van der Waals surface area contributed by atoms with Crippen molar-refractivity contribution in [3.8, 4) is 11.5 Å². The first-order chi connectivity index (χ1) is 13.1. The van der Waals surface area contributed by atoms with E-state index < -0.39 is 6.04 Å². The molecule has 2 amide bonds. The molecule has 0 N–H and O–H groups in total. The molecule has 2 aromatic carbocycles. The zero-order valence-electron chi connectivity index (χ0n) is 15.5. The van der Waals surface area contributed by atoms with Gasteiger partial charge in [0.15, 0.2) is 0 Å². The molecule has 1 fully saturated rings. The Morgan fingerprint density at radius 1 is 1.00 bits per heavy atom. The lowest BCUT2D eigenvalue weighted by Crippen LogP contribution is -2.44. The van der Waals surface area contributed by atoms with Gasteiger partial charge in [-0.3, -0.25) is 14.5 Å². The number of anilines is 1. The molecule has 2 aliphatic heterocycles. The van der Waals surface area contributed by atoms with Gasteiger partial charge in [-0.1, -0.05) is 24.3 Å². The molecule has 0 saturated carbocycles. The SMILES string of the molecule is COc1ccc(OC)c(N2C(=O)C[C@H](N3CCc4ccccc4C3)C2=O)c1. The molecule has 0 aromatic heterocycles. The van der Waals surface area contributed by atoms with Crippen molar-refractivity contribution in [3.63, 3.8) is 0 Å². The van der Waals surface area contributed by atoms with E-state index in [1.165, 1.54) is 23.1 Å². The van der Waals surface area contributed by atoms with Gasteiger partial charge in [0.05, 0.1) is 32.4 Å². The van der Waals surface area contributed by atoms with Gasteiger partial charge in [-0.05, 0) is 29.7 Å². The summed E-state index contributed by atoms with van der Waals surface area (Å²) in [5.74, 6) is 0.630. The fraction of sp³-hybridized carbons (Fsp3) is 0.333. The summed E-state index contributed by atoms with van der Waals surface area (Å²) in [7, 11) is 3.07. The minimum Gasteiger partial charge on any atom is -0.497 e. The number of benzene rings is 2. The number of hydrogen-bond acceptors (Lipinski definition) is 5. The van der Waals surface area contributed by atoms with Crippen molar-refractivity contribution in [2.45, 2.75) is 25.4 Å². The molecule has 2 aliphatic rings. The van der Waals surface area contributed by atoms with Crippen LogP contribution in [0.25, 0.3) is 0 Å². The molecule has 4 rings (SSSR count). The van der Waals surface area contributed by atoms with Gasteiger partial charge in [0.2, 0.25) is 5.91 Å². The van der Waals surface area contributed by atoms with Crippen LogP contribution < -0.4 is 14.4 Å². The number of ether oxygens (including phenoxy) is 2. The molecule has 6 nitrogen and oxygen atoms in total. The van der Waals surface area contributed by atoms with Crippen molar-refractivity contribution in [1.29, 1.82) is 0 Å². The molecule has 27 heavy (non-hydrogen) atoms. The topological polar surface area (TPSA) is 59.1 Å². The van der Waals surface area contributed by atoms with Gasteiger partial charge in [-0.2, -0.15) is 0 Å². The standard InChI is InChI=1S/C21H22N2O4/c1-26-16-7-8-19(27-2)17(11-16)23-20(24)12-18(21(23)25)22-10-9-14-5-3-4-6-15(14)13-22/h3-8,11,18H,9-10,12-13H2,1-2H3/t18-/m0/s1. The van der Waals surface area contributed by atoms with Gasteiger partial charge >= 0.3 is 0 Å². The molecule has 6 heteroatoms. The molecule has 0 radical (unpaired) electrons. The lowest BCUT2D eigenvalue weighted by atomic mass is 9.98. The molecule has 2 aromatic rings. The largest absolute Gasteiger partial charge is 0.497 e. The highest BCUT2D eigenvalue weighted by Crippen LogP contribution is 2.37. The molecule has 1 saturated heterocycles. The monoisotopic (exact) mass is 366 g/mol. The summed E-state index contributed by atoms with van der Waals surface area (Å²) in [5.41, 5.74) is 2.98. The Labute approximate surface area is 158 Å². The van der Waals surface area contributed by atoms with E-state index in [0.29, 0.717) is 23.7 Å². The summed E-state index contributed by atoms with van der Waals surface area (Å²) in [4.78, 5) is 29.2. The van der Waals surface area contributed by atoms with E-state index in [9.17, 15) is 9.59 Å². The van der Waals surface area contributed by atoms with Crippen molar-refractivity contribution in [2.24, 2.45) is 0 Å². The highest BCUT2D eigenvalue weighted by Gasteiger charge is 2.44. The quantitative estimate of drug-likeness (QED) is 0.778. The highest BCUT2D eigenvalue weighted by molar-refractivity contribution is 6.23. The van der Waals surface area contributed by atoms with Crippen LogP contribution >= 0.6 is 0 Å². The third-order valence-corrected chi connectivity index (χ3v) is 5.35. The van der Waals surface area contributed by atoms with Crippen LogP contribution in [0.4, 0.5) is 5.69 Å². The molecule has 0 aliphatic carbocycles. The van der Waals surface area contributed by atoms with Crippen LogP contribution in [-0.2, 0) is 22.6 Å². The number of carbonyl (C=O) groups excluding carboxylic acids is 2. The van der Waals surface area contributed by atoms with Crippen LogP contribution in [0.5, 0.6) is 11.5 Å². The molecule has 140 valence electrons. The van der Waals surface area contributed by atoms with E-state index in [-0.39, 0.29) is 18.2 Å². The Bertz CT molecular complexity index is 896. The second-order valence-electron chi connectivity index (χ2n) is 6.81. The van der Waals surface area contributed by atoms with Gasteiger partial charge in [-0.25, -0.2) is 4.90 Å². The van der Waals surface area contributed by atoms with Crippen LogP contribution in [0, 0.1) is 0 Å². The molecule has 0 spiro atoms. The van der Waals surface area contributed by atoms with Crippen LogP contribution in [0.2, 0.25) is 0 Å². The summed E-state index contributed by atoms with van der Waals surface area (Å²) < 4.78 is 10.6. The fourth-order valence-corrected chi connectivity index (χ4v) is 3.91. The first kappa shape index (κ1) is 17.5. The predicted molar refractivity (Wildman–Crippen MR) is 101 cm³/mol. The smallest absolute Gasteiger partial charge is 0.251 e. The Hall–Kier alpha value is -2.86. The molecule has 0 bridgehead atoms. The number of hydrogen-bond donors (Lipinski definition) is 0. The Balaban J connectivity index is 1.62. The van der Waals surface area contributed by atoms with Crippen molar-refractivity contribution < 1.29 is 19.1 Å². The number of amides is 2. The van der Waals surface area contributed by atoms with Gasteiger partial charge < -0.3 is 9.47 Å². The summed E-state index contributed by atoms with van der Waals surface area (Å²) in [6.07, 6.45) is 1.07. The maximum Gasteiger partial charge on any atom is 0.251 e. The van der Waals surface area contributed by atoms with Crippen molar-refractivity contribution in [1.82, 2.24) is 4.90 Å². The third kappa shape index (κ3) is 3.06. The van der Waals surface area contributed by atoms with Crippen LogP contribution in [0.15, 0.2) is 42.5 Å². The van der Waals surface area contributed by atoms with Gasteiger partial charge in [0.1, 0.15) is 11.5 Å². The third-order valence-electron chi connectivity index (χ3n) is 5.35. The van der Waals surface area contributed by atoms with E-state index in [4.69, 9.17) is 9.47 Å².